The first-order valence-corrected chi connectivity index (χ1v) is 5.44. The van der Waals surface area contributed by atoms with Crippen LogP contribution in [-0.4, -0.2) is 26.2 Å². The van der Waals surface area contributed by atoms with Gasteiger partial charge in [-0.05, 0) is 13.0 Å². The quantitative estimate of drug-likeness (QED) is 0.745. The molecule has 2 aromatic heterocycles. The van der Waals surface area contributed by atoms with Gasteiger partial charge in [0.05, 0.1) is 5.69 Å². The predicted octanol–water partition coefficient (Wildman–Crippen LogP) is 1.21. The van der Waals surface area contributed by atoms with E-state index in [1.165, 1.54) is 19.2 Å². The van der Waals surface area contributed by atoms with Crippen LogP contribution in [0.1, 0.15) is 15.4 Å². The number of carboxylic acid groups (broad SMARTS) is 1. The number of carboxylic acids is 1. The van der Waals surface area contributed by atoms with Gasteiger partial charge in [0.25, 0.3) is 5.56 Å². The van der Waals surface area contributed by atoms with Gasteiger partial charge >= 0.3 is 5.97 Å². The number of rotatable bonds is 2. The molecule has 7 heteroatoms. The number of nitrogens with one attached hydrogen (secondary N) is 1. The van der Waals surface area contributed by atoms with Gasteiger partial charge in [0.2, 0.25) is 0 Å². The first-order valence-electron chi connectivity index (χ1n) is 4.62. The lowest BCUT2D eigenvalue weighted by atomic mass is 10.2. The molecule has 0 aliphatic carbocycles. The maximum absolute atomic E-state index is 11.5. The molecule has 2 heterocycles. The number of hydrogen-bond acceptors (Lipinski definition) is 5. The summed E-state index contributed by atoms with van der Waals surface area (Å²) in [5.74, 6) is -1.32. The second-order valence-corrected chi connectivity index (χ2v) is 4.30. The molecular weight excluding hydrogens is 244 g/mol. The lowest BCUT2D eigenvalue weighted by Crippen LogP contribution is -2.07. The maximum Gasteiger partial charge on any atom is 0.347 e. The first-order chi connectivity index (χ1) is 8.00. The van der Waals surface area contributed by atoms with Crippen LogP contribution in [0.25, 0.3) is 10.6 Å². The predicted molar refractivity (Wildman–Crippen MR) is 61.5 cm³/mol. The Kier molecular flexibility index (Phi) is 2.68. The van der Waals surface area contributed by atoms with Crippen molar-refractivity contribution in [2.24, 2.45) is 0 Å². The summed E-state index contributed by atoms with van der Waals surface area (Å²) in [4.78, 5) is 28.8. The standard InChI is InChI=1S/C10H8N2O4S/c1-4-7(10(15)16)17-9(12-4)6-5(13)2-3-11-8(6)14/h2-3H,1H3,(H,15,16)(H2,11,13,14). The summed E-state index contributed by atoms with van der Waals surface area (Å²) in [5.41, 5.74) is -0.191. The second-order valence-electron chi connectivity index (χ2n) is 3.31. The van der Waals surface area contributed by atoms with E-state index < -0.39 is 11.5 Å². The van der Waals surface area contributed by atoms with Crippen LogP contribution >= 0.6 is 11.3 Å². The van der Waals surface area contributed by atoms with Gasteiger partial charge < -0.3 is 15.2 Å². The van der Waals surface area contributed by atoms with E-state index in [0.717, 1.165) is 11.3 Å². The van der Waals surface area contributed by atoms with E-state index in [1.54, 1.807) is 0 Å². The minimum absolute atomic E-state index is 0.00639. The van der Waals surface area contributed by atoms with Crippen molar-refractivity contribution in [1.82, 2.24) is 9.97 Å². The van der Waals surface area contributed by atoms with Crippen LogP contribution in [0.15, 0.2) is 17.1 Å². The Morgan fingerprint density at radius 3 is 2.76 bits per heavy atom. The van der Waals surface area contributed by atoms with Crippen molar-refractivity contribution in [3.8, 4) is 16.3 Å². The van der Waals surface area contributed by atoms with Crippen LogP contribution in [0.4, 0.5) is 0 Å². The summed E-state index contributed by atoms with van der Waals surface area (Å²) < 4.78 is 0. The highest BCUT2D eigenvalue weighted by Gasteiger charge is 2.19. The zero-order valence-electron chi connectivity index (χ0n) is 8.72. The molecular formula is C10H8N2O4S. The van der Waals surface area contributed by atoms with Gasteiger partial charge in [-0.1, -0.05) is 0 Å². The number of thiazole rings is 1. The summed E-state index contributed by atoms with van der Waals surface area (Å²) in [6.45, 7) is 1.54. The van der Waals surface area contributed by atoms with Crippen molar-refractivity contribution >= 4 is 17.3 Å². The van der Waals surface area contributed by atoms with Crippen LogP contribution in [0, 0.1) is 6.92 Å². The number of aromatic carboxylic acids is 1. The highest BCUT2D eigenvalue weighted by Crippen LogP contribution is 2.30. The Balaban J connectivity index is 2.66. The van der Waals surface area contributed by atoms with Crippen LogP contribution in [0.5, 0.6) is 5.75 Å². The normalized spacial score (nSPS) is 10.4. The Morgan fingerprint density at radius 1 is 1.53 bits per heavy atom. The molecule has 0 radical (unpaired) electrons. The molecule has 0 bridgehead atoms. The van der Waals surface area contributed by atoms with Crippen LogP contribution in [0.2, 0.25) is 0 Å². The van der Waals surface area contributed by atoms with Crippen molar-refractivity contribution in [2.75, 3.05) is 0 Å². The second kappa shape index (κ2) is 4.02. The molecule has 6 nitrogen and oxygen atoms in total. The number of carbonyl (C=O) groups is 1. The summed E-state index contributed by atoms with van der Waals surface area (Å²) >= 11 is 0.858. The molecule has 88 valence electrons. The Bertz CT molecular complexity index is 644. The van der Waals surface area contributed by atoms with Crippen molar-refractivity contribution in [3.05, 3.63) is 33.2 Å². The molecule has 0 unspecified atom stereocenters. The highest BCUT2D eigenvalue weighted by molar-refractivity contribution is 7.17. The molecule has 0 spiro atoms. The molecule has 0 aromatic carbocycles. The fourth-order valence-corrected chi connectivity index (χ4v) is 2.33. The number of aryl methyl sites for hydroxylation is 1. The number of aromatic hydroxyl groups is 1. The Labute approximate surface area is 99.2 Å². The van der Waals surface area contributed by atoms with E-state index in [1.807, 2.05) is 0 Å². The number of pyridine rings is 1. The van der Waals surface area contributed by atoms with Gasteiger partial charge in [-0.2, -0.15) is 0 Å². The largest absolute Gasteiger partial charge is 0.507 e. The first kappa shape index (κ1) is 11.3. The fraction of sp³-hybridized carbons (Fsp3) is 0.100. The lowest BCUT2D eigenvalue weighted by Gasteiger charge is -1.97. The monoisotopic (exact) mass is 252 g/mol. The molecule has 2 aromatic rings. The Morgan fingerprint density at radius 2 is 2.24 bits per heavy atom. The van der Waals surface area contributed by atoms with E-state index in [9.17, 15) is 14.7 Å². The Hall–Kier alpha value is -2.15. The summed E-state index contributed by atoms with van der Waals surface area (Å²) in [6.07, 6.45) is 1.31. The van der Waals surface area contributed by atoms with Gasteiger partial charge in [0.15, 0.2) is 0 Å². The average Bonchev–Trinajstić information content (AvgIpc) is 2.60. The summed E-state index contributed by atoms with van der Waals surface area (Å²) in [7, 11) is 0. The number of nitrogens with zero attached hydrogens (tertiary/aromatic N) is 1. The number of H-pyrrole nitrogens is 1. The SMILES string of the molecule is Cc1nc(-c2c(O)cc[nH]c2=O)sc1C(=O)O. The van der Waals surface area contributed by atoms with Crippen LogP contribution in [-0.2, 0) is 0 Å². The summed E-state index contributed by atoms with van der Waals surface area (Å²) in [5, 5.41) is 18.7. The molecule has 0 aliphatic rings. The van der Waals surface area contributed by atoms with Gasteiger partial charge in [0.1, 0.15) is 21.2 Å². The summed E-state index contributed by atoms with van der Waals surface area (Å²) in [6, 6.07) is 1.31. The van der Waals surface area contributed by atoms with E-state index in [-0.39, 0.29) is 21.2 Å². The lowest BCUT2D eigenvalue weighted by molar-refractivity contribution is 0.0701. The van der Waals surface area contributed by atoms with Gasteiger partial charge in [-0.3, -0.25) is 4.79 Å². The highest BCUT2D eigenvalue weighted by atomic mass is 32.1. The molecule has 0 saturated carbocycles. The molecule has 0 aliphatic heterocycles. The zero-order chi connectivity index (χ0) is 12.6. The molecule has 0 saturated heterocycles. The third-order valence-corrected chi connectivity index (χ3v) is 3.31. The third-order valence-electron chi connectivity index (χ3n) is 2.14. The maximum atomic E-state index is 11.5. The topological polar surface area (TPSA) is 103 Å². The minimum atomic E-state index is -1.10. The molecule has 0 amide bonds. The van der Waals surface area contributed by atoms with E-state index >= 15 is 0 Å². The molecule has 17 heavy (non-hydrogen) atoms. The van der Waals surface area contributed by atoms with Crippen LogP contribution in [0.3, 0.4) is 0 Å². The number of hydrogen-bond donors (Lipinski definition) is 3. The van der Waals surface area contributed by atoms with Crippen molar-refractivity contribution in [1.29, 1.82) is 0 Å². The molecule has 0 atom stereocenters. The third kappa shape index (κ3) is 1.92. The number of aromatic nitrogens is 2. The van der Waals surface area contributed by atoms with E-state index in [2.05, 4.69) is 9.97 Å². The number of aromatic amines is 1. The molecule has 3 N–H and O–H groups in total. The van der Waals surface area contributed by atoms with Gasteiger partial charge in [0, 0.05) is 6.20 Å². The van der Waals surface area contributed by atoms with Crippen molar-refractivity contribution in [3.63, 3.8) is 0 Å². The van der Waals surface area contributed by atoms with Gasteiger partial charge in [-0.25, -0.2) is 9.78 Å². The van der Waals surface area contributed by atoms with Crippen molar-refractivity contribution < 1.29 is 15.0 Å². The average molecular weight is 252 g/mol. The minimum Gasteiger partial charge on any atom is -0.507 e. The zero-order valence-corrected chi connectivity index (χ0v) is 9.54. The van der Waals surface area contributed by atoms with Crippen molar-refractivity contribution in [2.45, 2.75) is 6.92 Å². The van der Waals surface area contributed by atoms with Gasteiger partial charge in [-0.15, -0.1) is 11.3 Å². The smallest absolute Gasteiger partial charge is 0.347 e. The van der Waals surface area contributed by atoms with E-state index in [4.69, 9.17) is 5.11 Å². The van der Waals surface area contributed by atoms with E-state index in [0.29, 0.717) is 5.69 Å². The fourth-order valence-electron chi connectivity index (χ4n) is 1.38. The molecule has 0 fully saturated rings. The molecule has 2 rings (SSSR count). The van der Waals surface area contributed by atoms with Crippen LogP contribution < -0.4 is 5.56 Å².